The van der Waals surface area contributed by atoms with Crippen LogP contribution in [-0.2, 0) is 9.53 Å². The fourth-order valence-electron chi connectivity index (χ4n) is 3.15. The van der Waals surface area contributed by atoms with Gasteiger partial charge < -0.3 is 15.0 Å². The molecule has 0 spiro atoms. The number of piperidine rings is 2. The standard InChI is InChI=1S/C14H26N2O2.ClH/c1-11-5-8-16(9-12(11)18-3)13(17)14(2)6-4-7-15-10-14;/h11-12,15H,4-10H2,1-3H3;1H. The highest BCUT2D eigenvalue weighted by Gasteiger charge is 2.40. The van der Waals surface area contributed by atoms with Crippen LogP contribution in [0, 0.1) is 11.3 Å². The Bertz CT molecular complexity index is 306. The Hall–Kier alpha value is -0.320. The van der Waals surface area contributed by atoms with E-state index in [2.05, 4.69) is 19.2 Å². The average Bonchev–Trinajstić information content (AvgIpc) is 2.39. The van der Waals surface area contributed by atoms with Crippen molar-refractivity contribution in [1.82, 2.24) is 10.2 Å². The number of nitrogens with one attached hydrogen (secondary N) is 1. The number of hydrogen-bond acceptors (Lipinski definition) is 3. The van der Waals surface area contributed by atoms with Crippen molar-refractivity contribution in [2.45, 2.75) is 39.2 Å². The highest BCUT2D eigenvalue weighted by molar-refractivity contribution is 5.85. The molecule has 19 heavy (non-hydrogen) atoms. The number of amides is 1. The molecule has 0 aromatic heterocycles. The van der Waals surface area contributed by atoms with Gasteiger partial charge in [0.05, 0.1) is 11.5 Å². The molecule has 2 aliphatic heterocycles. The number of halogens is 1. The molecule has 1 amide bonds. The Morgan fingerprint density at radius 2 is 2.21 bits per heavy atom. The molecule has 0 saturated carbocycles. The van der Waals surface area contributed by atoms with Crippen molar-refractivity contribution in [3.8, 4) is 0 Å². The van der Waals surface area contributed by atoms with Gasteiger partial charge in [-0.25, -0.2) is 0 Å². The summed E-state index contributed by atoms with van der Waals surface area (Å²) < 4.78 is 5.49. The van der Waals surface area contributed by atoms with E-state index in [9.17, 15) is 4.79 Å². The number of nitrogens with zero attached hydrogens (tertiary/aromatic N) is 1. The second kappa shape index (κ2) is 6.91. The number of carbonyl (C=O) groups is 1. The van der Waals surface area contributed by atoms with E-state index in [1.165, 1.54) is 0 Å². The average molecular weight is 291 g/mol. The maximum Gasteiger partial charge on any atom is 0.229 e. The van der Waals surface area contributed by atoms with Gasteiger partial charge >= 0.3 is 0 Å². The van der Waals surface area contributed by atoms with Crippen LogP contribution >= 0.6 is 12.4 Å². The number of rotatable bonds is 2. The molecule has 2 saturated heterocycles. The third-order valence-corrected chi connectivity index (χ3v) is 4.59. The summed E-state index contributed by atoms with van der Waals surface area (Å²) in [5.41, 5.74) is -0.211. The second-order valence-electron chi connectivity index (χ2n) is 6.13. The summed E-state index contributed by atoms with van der Waals surface area (Å²) in [5.74, 6) is 0.861. The summed E-state index contributed by atoms with van der Waals surface area (Å²) in [6.07, 6.45) is 3.35. The van der Waals surface area contributed by atoms with Gasteiger partial charge in [-0.3, -0.25) is 4.79 Å². The molecule has 0 aromatic carbocycles. The lowest BCUT2D eigenvalue weighted by molar-refractivity contribution is -0.147. The monoisotopic (exact) mass is 290 g/mol. The SMILES string of the molecule is COC1CN(C(=O)C2(C)CCCNC2)CCC1C.Cl. The van der Waals surface area contributed by atoms with Gasteiger partial charge in [-0.15, -0.1) is 12.4 Å². The van der Waals surface area contributed by atoms with Crippen molar-refractivity contribution in [3.05, 3.63) is 0 Å². The van der Waals surface area contributed by atoms with E-state index < -0.39 is 0 Å². The summed E-state index contributed by atoms with van der Waals surface area (Å²) >= 11 is 0. The van der Waals surface area contributed by atoms with Crippen molar-refractivity contribution < 1.29 is 9.53 Å². The number of methoxy groups -OCH3 is 1. The Morgan fingerprint density at radius 3 is 2.79 bits per heavy atom. The molecule has 0 bridgehead atoms. The largest absolute Gasteiger partial charge is 0.379 e. The lowest BCUT2D eigenvalue weighted by Crippen LogP contribution is -2.55. The van der Waals surface area contributed by atoms with Gasteiger partial charge in [0.2, 0.25) is 5.91 Å². The second-order valence-corrected chi connectivity index (χ2v) is 6.13. The highest BCUT2D eigenvalue weighted by Crippen LogP contribution is 2.30. The number of likely N-dealkylation sites (tertiary alicyclic amines) is 1. The van der Waals surface area contributed by atoms with E-state index in [1.54, 1.807) is 7.11 Å². The fourth-order valence-corrected chi connectivity index (χ4v) is 3.15. The Balaban J connectivity index is 0.00000180. The molecule has 2 rings (SSSR count). The van der Waals surface area contributed by atoms with Crippen LogP contribution in [0.4, 0.5) is 0 Å². The van der Waals surface area contributed by atoms with Gasteiger partial charge in [-0.05, 0) is 38.6 Å². The normalized spacial score (nSPS) is 35.6. The van der Waals surface area contributed by atoms with Crippen LogP contribution in [0.1, 0.15) is 33.1 Å². The summed E-state index contributed by atoms with van der Waals surface area (Å²) in [6.45, 7) is 7.80. The van der Waals surface area contributed by atoms with Crippen LogP contribution < -0.4 is 5.32 Å². The quantitative estimate of drug-likeness (QED) is 0.841. The van der Waals surface area contributed by atoms with Crippen molar-refractivity contribution in [2.24, 2.45) is 11.3 Å². The van der Waals surface area contributed by atoms with E-state index in [0.717, 1.165) is 45.4 Å². The van der Waals surface area contributed by atoms with Crippen LogP contribution in [0.3, 0.4) is 0 Å². The lowest BCUT2D eigenvalue weighted by atomic mass is 9.80. The molecule has 5 heteroatoms. The maximum absolute atomic E-state index is 12.7. The first-order valence-electron chi connectivity index (χ1n) is 7.10. The molecule has 3 unspecified atom stereocenters. The van der Waals surface area contributed by atoms with E-state index in [0.29, 0.717) is 11.8 Å². The van der Waals surface area contributed by atoms with Gasteiger partial charge in [0.15, 0.2) is 0 Å². The summed E-state index contributed by atoms with van der Waals surface area (Å²) in [6, 6.07) is 0. The van der Waals surface area contributed by atoms with Gasteiger partial charge in [0, 0.05) is 26.7 Å². The molecule has 1 N–H and O–H groups in total. The van der Waals surface area contributed by atoms with Crippen LogP contribution in [0.15, 0.2) is 0 Å². The van der Waals surface area contributed by atoms with Crippen LogP contribution in [0.5, 0.6) is 0 Å². The van der Waals surface area contributed by atoms with E-state index >= 15 is 0 Å². The topological polar surface area (TPSA) is 41.6 Å². The zero-order valence-electron chi connectivity index (χ0n) is 12.3. The first-order valence-corrected chi connectivity index (χ1v) is 7.10. The van der Waals surface area contributed by atoms with E-state index in [1.807, 2.05) is 4.90 Å². The summed E-state index contributed by atoms with van der Waals surface area (Å²) in [5, 5.41) is 3.35. The molecule has 4 nitrogen and oxygen atoms in total. The first kappa shape index (κ1) is 16.7. The molecule has 112 valence electrons. The Morgan fingerprint density at radius 1 is 1.47 bits per heavy atom. The molecule has 2 aliphatic rings. The summed E-state index contributed by atoms with van der Waals surface area (Å²) in [7, 11) is 1.75. The van der Waals surface area contributed by atoms with Crippen molar-refractivity contribution >= 4 is 18.3 Å². The van der Waals surface area contributed by atoms with Gasteiger partial charge in [-0.1, -0.05) is 6.92 Å². The number of ether oxygens (including phenoxy) is 1. The fraction of sp³-hybridized carbons (Fsp3) is 0.929. The molecule has 2 fully saturated rings. The minimum Gasteiger partial charge on any atom is -0.379 e. The maximum atomic E-state index is 12.7. The molecule has 0 radical (unpaired) electrons. The predicted molar refractivity (Wildman–Crippen MR) is 78.6 cm³/mol. The third-order valence-electron chi connectivity index (χ3n) is 4.59. The zero-order chi connectivity index (χ0) is 13.2. The molecule has 3 atom stereocenters. The highest BCUT2D eigenvalue weighted by atomic mass is 35.5. The van der Waals surface area contributed by atoms with Crippen molar-refractivity contribution in [3.63, 3.8) is 0 Å². The summed E-state index contributed by atoms with van der Waals surface area (Å²) in [4.78, 5) is 14.7. The van der Waals surface area contributed by atoms with Crippen molar-refractivity contribution in [1.29, 1.82) is 0 Å². The third kappa shape index (κ3) is 3.61. The van der Waals surface area contributed by atoms with Gasteiger partial charge in [0.1, 0.15) is 0 Å². The predicted octanol–water partition coefficient (Wildman–Crippen LogP) is 1.68. The molecular formula is C14H27ClN2O2. The molecule has 2 heterocycles. The van der Waals surface area contributed by atoms with Crippen LogP contribution in [0.25, 0.3) is 0 Å². The molecule has 0 aliphatic carbocycles. The number of hydrogen-bond donors (Lipinski definition) is 1. The van der Waals surface area contributed by atoms with Gasteiger partial charge in [-0.2, -0.15) is 0 Å². The van der Waals surface area contributed by atoms with Crippen LogP contribution in [-0.4, -0.2) is 50.2 Å². The number of carbonyl (C=O) groups excluding carboxylic acids is 1. The Kier molecular flexibility index (Phi) is 6.09. The van der Waals surface area contributed by atoms with Crippen molar-refractivity contribution in [2.75, 3.05) is 33.3 Å². The van der Waals surface area contributed by atoms with Crippen LogP contribution in [0.2, 0.25) is 0 Å². The zero-order valence-corrected chi connectivity index (χ0v) is 13.1. The molecular weight excluding hydrogens is 264 g/mol. The Labute approximate surface area is 122 Å². The van der Waals surface area contributed by atoms with E-state index in [-0.39, 0.29) is 23.9 Å². The first-order chi connectivity index (χ1) is 8.57. The minimum atomic E-state index is -0.211. The minimum absolute atomic E-state index is 0. The lowest BCUT2D eigenvalue weighted by Gasteiger charge is -2.42. The smallest absolute Gasteiger partial charge is 0.229 e. The molecule has 0 aromatic rings. The van der Waals surface area contributed by atoms with E-state index in [4.69, 9.17) is 4.74 Å². The van der Waals surface area contributed by atoms with Gasteiger partial charge in [0.25, 0.3) is 0 Å².